The van der Waals surface area contributed by atoms with Gasteiger partial charge in [-0.3, -0.25) is 9.59 Å². The highest BCUT2D eigenvalue weighted by Crippen LogP contribution is 2.19. The summed E-state index contributed by atoms with van der Waals surface area (Å²) in [5, 5.41) is 1.61. The Bertz CT molecular complexity index is 981. The van der Waals surface area contributed by atoms with E-state index in [2.05, 4.69) is 10.0 Å². The molecule has 162 valence electrons. The molecule has 2 amide bonds. The minimum absolute atomic E-state index is 0.129. The molecule has 1 heterocycles. The number of aryl methyl sites for hydroxylation is 2. The predicted octanol–water partition coefficient (Wildman–Crippen LogP) is -0.266. The maximum atomic E-state index is 12.5. The second kappa shape index (κ2) is 9.23. The second-order valence-electron chi connectivity index (χ2n) is 7.15. The van der Waals surface area contributed by atoms with Crippen molar-refractivity contribution in [3.05, 3.63) is 29.3 Å². The number of hydrogen-bond acceptors (Lipinski definition) is 6. The van der Waals surface area contributed by atoms with E-state index in [-0.39, 0.29) is 30.8 Å². The van der Waals surface area contributed by atoms with Crippen molar-refractivity contribution in [1.29, 1.82) is 0 Å². The van der Waals surface area contributed by atoms with Gasteiger partial charge in [-0.15, -0.1) is 0 Å². The summed E-state index contributed by atoms with van der Waals surface area (Å²) in [6.07, 6.45) is 0.434. The van der Waals surface area contributed by atoms with E-state index in [1.807, 2.05) is 6.07 Å². The lowest BCUT2D eigenvalue weighted by Gasteiger charge is -2.31. The number of rotatable bonds is 7. The molecule has 0 aromatic heterocycles. The van der Waals surface area contributed by atoms with Gasteiger partial charge in [-0.05, 0) is 43.9 Å². The lowest BCUT2D eigenvalue weighted by Crippen LogP contribution is -2.47. The first-order chi connectivity index (χ1) is 13.5. The fourth-order valence-electron chi connectivity index (χ4n) is 3.18. The minimum atomic E-state index is -3.84. The van der Waals surface area contributed by atoms with Gasteiger partial charge < -0.3 is 10.2 Å². The van der Waals surface area contributed by atoms with Gasteiger partial charge in [0.1, 0.15) is 5.75 Å². The number of sulfone groups is 1. The summed E-state index contributed by atoms with van der Waals surface area (Å²) in [5.41, 5.74) is 1.38. The monoisotopic (exact) mass is 445 g/mol. The van der Waals surface area contributed by atoms with E-state index in [1.54, 1.807) is 26.0 Å². The van der Waals surface area contributed by atoms with Crippen molar-refractivity contribution in [2.75, 3.05) is 32.4 Å². The Morgan fingerprint density at radius 1 is 1.10 bits per heavy atom. The van der Waals surface area contributed by atoms with Crippen LogP contribution in [0.1, 0.15) is 24.0 Å². The molecule has 1 fully saturated rings. The van der Waals surface area contributed by atoms with Crippen LogP contribution in [0.5, 0.6) is 0 Å². The molecule has 29 heavy (non-hydrogen) atoms. The number of carbonyl (C=O) groups excluding carboxylic acids is 2. The summed E-state index contributed by atoms with van der Waals surface area (Å²) in [5.74, 6) is -1.55. The number of carbonyl (C=O) groups is 2. The highest BCUT2D eigenvalue weighted by molar-refractivity contribution is 7.92. The van der Waals surface area contributed by atoms with Gasteiger partial charge in [-0.2, -0.15) is 0 Å². The van der Waals surface area contributed by atoms with E-state index in [4.69, 9.17) is 0 Å². The molecule has 0 bridgehead atoms. The Morgan fingerprint density at radius 3 is 2.31 bits per heavy atom. The molecule has 9 nitrogen and oxygen atoms in total. The van der Waals surface area contributed by atoms with Crippen LogP contribution in [0.3, 0.4) is 0 Å². The van der Waals surface area contributed by atoms with E-state index in [1.165, 1.54) is 11.9 Å². The Balaban J connectivity index is 1.93. The number of benzene rings is 1. The molecule has 0 saturated carbocycles. The SMILES string of the molecule is CNC(=O)CS(=O)(=O)C1CCN(C(=O)CNS(=O)(=O)c2cc(C)ccc2C)CC1. The van der Waals surface area contributed by atoms with Gasteiger partial charge in [0.05, 0.1) is 16.7 Å². The molecule has 1 aromatic carbocycles. The maximum absolute atomic E-state index is 12.5. The lowest BCUT2D eigenvalue weighted by atomic mass is 10.1. The smallest absolute Gasteiger partial charge is 0.241 e. The largest absolute Gasteiger partial charge is 0.358 e. The zero-order chi connectivity index (χ0) is 21.8. The number of nitrogens with zero attached hydrogens (tertiary/aromatic N) is 1. The zero-order valence-electron chi connectivity index (χ0n) is 16.8. The van der Waals surface area contributed by atoms with Crippen molar-refractivity contribution < 1.29 is 26.4 Å². The third-order valence-corrected chi connectivity index (χ3v) is 8.66. The van der Waals surface area contributed by atoms with Crippen LogP contribution in [-0.4, -0.2) is 71.2 Å². The molecule has 0 radical (unpaired) electrons. The highest BCUT2D eigenvalue weighted by Gasteiger charge is 2.33. The number of likely N-dealkylation sites (tertiary alicyclic amines) is 1. The van der Waals surface area contributed by atoms with E-state index >= 15 is 0 Å². The topological polar surface area (TPSA) is 130 Å². The Kier molecular flexibility index (Phi) is 7.41. The van der Waals surface area contributed by atoms with Crippen LogP contribution in [0.2, 0.25) is 0 Å². The summed E-state index contributed by atoms with van der Waals surface area (Å²) in [7, 11) is -6.05. The summed E-state index contributed by atoms with van der Waals surface area (Å²) < 4.78 is 51.8. The molecule has 1 aromatic rings. The highest BCUT2D eigenvalue weighted by atomic mass is 32.2. The first-order valence-corrected chi connectivity index (χ1v) is 12.4. The van der Waals surface area contributed by atoms with Crippen molar-refractivity contribution in [3.8, 4) is 0 Å². The number of amides is 2. The second-order valence-corrected chi connectivity index (χ2v) is 11.2. The lowest BCUT2D eigenvalue weighted by molar-refractivity contribution is -0.130. The minimum Gasteiger partial charge on any atom is -0.358 e. The summed E-state index contributed by atoms with van der Waals surface area (Å²) in [6.45, 7) is 3.46. The van der Waals surface area contributed by atoms with E-state index in [9.17, 15) is 26.4 Å². The Hall–Kier alpha value is -1.98. The fourth-order valence-corrected chi connectivity index (χ4v) is 6.16. The van der Waals surface area contributed by atoms with Gasteiger partial charge in [0.2, 0.25) is 21.8 Å². The van der Waals surface area contributed by atoms with Crippen LogP contribution in [0, 0.1) is 13.8 Å². The first-order valence-electron chi connectivity index (χ1n) is 9.23. The maximum Gasteiger partial charge on any atom is 0.241 e. The van der Waals surface area contributed by atoms with Crippen LogP contribution < -0.4 is 10.0 Å². The molecular weight excluding hydrogens is 418 g/mol. The molecule has 2 N–H and O–H groups in total. The van der Waals surface area contributed by atoms with E-state index < -0.39 is 49.2 Å². The van der Waals surface area contributed by atoms with Crippen molar-refractivity contribution in [1.82, 2.24) is 14.9 Å². The van der Waals surface area contributed by atoms with Gasteiger partial charge in [0.25, 0.3) is 0 Å². The third kappa shape index (κ3) is 6.00. The van der Waals surface area contributed by atoms with Crippen molar-refractivity contribution >= 4 is 31.7 Å². The van der Waals surface area contributed by atoms with Crippen molar-refractivity contribution in [3.63, 3.8) is 0 Å². The molecule has 0 spiro atoms. The van der Waals surface area contributed by atoms with Gasteiger partial charge in [0.15, 0.2) is 9.84 Å². The summed E-state index contributed by atoms with van der Waals surface area (Å²) in [6, 6.07) is 5.06. The average molecular weight is 446 g/mol. The molecule has 0 unspecified atom stereocenters. The van der Waals surface area contributed by atoms with E-state index in [0.29, 0.717) is 5.56 Å². The molecule has 1 aliphatic rings. The Labute approximate surface area is 171 Å². The fraction of sp³-hybridized carbons (Fsp3) is 0.556. The van der Waals surface area contributed by atoms with Gasteiger partial charge >= 0.3 is 0 Å². The summed E-state index contributed by atoms with van der Waals surface area (Å²) in [4.78, 5) is 25.3. The van der Waals surface area contributed by atoms with Crippen LogP contribution in [0.4, 0.5) is 0 Å². The predicted molar refractivity (Wildman–Crippen MR) is 109 cm³/mol. The summed E-state index contributed by atoms with van der Waals surface area (Å²) >= 11 is 0. The van der Waals surface area contributed by atoms with Crippen LogP contribution >= 0.6 is 0 Å². The zero-order valence-corrected chi connectivity index (χ0v) is 18.4. The molecule has 0 aliphatic carbocycles. The van der Waals surface area contributed by atoms with Crippen LogP contribution in [0.15, 0.2) is 23.1 Å². The third-order valence-electron chi connectivity index (χ3n) is 4.96. The van der Waals surface area contributed by atoms with Crippen LogP contribution in [0.25, 0.3) is 0 Å². The normalized spacial score (nSPS) is 15.9. The van der Waals surface area contributed by atoms with E-state index in [0.717, 1.165) is 5.56 Å². The molecule has 1 aliphatic heterocycles. The van der Waals surface area contributed by atoms with Crippen molar-refractivity contribution in [2.24, 2.45) is 0 Å². The number of nitrogens with one attached hydrogen (secondary N) is 2. The molecule has 0 atom stereocenters. The standard InChI is InChI=1S/C18H27N3O6S2/c1-13-4-5-14(2)16(10-13)29(26,27)20-11-18(23)21-8-6-15(7-9-21)28(24,25)12-17(22)19-3/h4-5,10,15,20H,6-9,11-12H2,1-3H3,(H,19,22). The number of hydrogen-bond donors (Lipinski definition) is 2. The number of sulfonamides is 1. The molecule has 11 heteroatoms. The van der Waals surface area contributed by atoms with Gasteiger partial charge in [0, 0.05) is 20.1 Å². The van der Waals surface area contributed by atoms with Gasteiger partial charge in [-0.1, -0.05) is 12.1 Å². The average Bonchev–Trinajstić information content (AvgIpc) is 2.67. The first kappa shape index (κ1) is 23.3. The number of piperidine rings is 1. The Morgan fingerprint density at radius 2 is 1.72 bits per heavy atom. The van der Waals surface area contributed by atoms with Crippen LogP contribution in [-0.2, 0) is 29.4 Å². The molecule has 2 rings (SSSR count). The molecular formula is C18H27N3O6S2. The van der Waals surface area contributed by atoms with Gasteiger partial charge in [-0.25, -0.2) is 21.6 Å². The molecule has 1 saturated heterocycles. The van der Waals surface area contributed by atoms with Crippen molar-refractivity contribution in [2.45, 2.75) is 36.8 Å². The quantitative estimate of drug-likeness (QED) is 0.594.